The van der Waals surface area contributed by atoms with E-state index in [1.807, 2.05) is 0 Å². The summed E-state index contributed by atoms with van der Waals surface area (Å²) in [6, 6.07) is 14.8. The molecule has 0 aliphatic rings. The number of benzene rings is 3. The maximum Gasteiger partial charge on any atom is 0.416 e. The zero-order chi connectivity index (χ0) is 32.2. The average Bonchev–Trinajstić information content (AvgIpc) is 2.93. The van der Waals surface area contributed by atoms with Crippen molar-refractivity contribution in [2.75, 3.05) is 18.0 Å². The number of ether oxygens (including phenoxy) is 1. The lowest BCUT2D eigenvalue weighted by Gasteiger charge is -2.33. The van der Waals surface area contributed by atoms with Gasteiger partial charge in [-0.1, -0.05) is 41.9 Å². The standard InChI is InChI=1S/C30H33ClF3N3O5S/c1-20(28(39)35-29(2,3)4)36(18-21-11-14-23(42-5)15-12-21)27(38)19-37(43(40,41)24-9-7-6-8-10-24)26-17-22(30(32,33)34)13-16-25(26)31/h6-17,20H,18-19H2,1-5H3,(H,35,39)/t20-/m1/s1. The Morgan fingerprint density at radius 3 is 2.12 bits per heavy atom. The number of anilines is 1. The predicted octanol–water partition coefficient (Wildman–Crippen LogP) is 5.89. The summed E-state index contributed by atoms with van der Waals surface area (Å²) in [6.45, 7) is 5.71. The second kappa shape index (κ2) is 13.3. The monoisotopic (exact) mass is 639 g/mol. The fraction of sp³-hybridized carbons (Fsp3) is 0.333. The van der Waals surface area contributed by atoms with E-state index in [0.29, 0.717) is 21.7 Å². The van der Waals surface area contributed by atoms with Gasteiger partial charge in [-0.15, -0.1) is 0 Å². The predicted molar refractivity (Wildman–Crippen MR) is 158 cm³/mol. The zero-order valence-corrected chi connectivity index (χ0v) is 25.8. The minimum Gasteiger partial charge on any atom is -0.497 e. The van der Waals surface area contributed by atoms with Crippen LogP contribution in [0.5, 0.6) is 5.75 Å². The van der Waals surface area contributed by atoms with Crippen LogP contribution in [0.1, 0.15) is 38.8 Å². The van der Waals surface area contributed by atoms with E-state index in [1.54, 1.807) is 51.1 Å². The smallest absolute Gasteiger partial charge is 0.416 e. The first-order valence-electron chi connectivity index (χ1n) is 13.1. The van der Waals surface area contributed by atoms with Crippen LogP contribution >= 0.6 is 11.6 Å². The Balaban J connectivity index is 2.12. The lowest BCUT2D eigenvalue weighted by atomic mass is 10.1. The summed E-state index contributed by atoms with van der Waals surface area (Å²) in [7, 11) is -3.12. The van der Waals surface area contributed by atoms with Gasteiger partial charge in [-0.05, 0) is 75.7 Å². The van der Waals surface area contributed by atoms with Crippen LogP contribution < -0.4 is 14.4 Å². The van der Waals surface area contributed by atoms with Crippen molar-refractivity contribution in [2.24, 2.45) is 0 Å². The van der Waals surface area contributed by atoms with E-state index in [9.17, 15) is 31.2 Å². The number of hydrogen-bond donors (Lipinski definition) is 1. The Hall–Kier alpha value is -3.77. The van der Waals surface area contributed by atoms with Crippen LogP contribution in [-0.4, -0.2) is 50.4 Å². The van der Waals surface area contributed by atoms with Crippen molar-refractivity contribution in [1.82, 2.24) is 10.2 Å². The minimum atomic E-state index is -4.81. The van der Waals surface area contributed by atoms with Gasteiger partial charge < -0.3 is 15.0 Å². The molecule has 0 unspecified atom stereocenters. The molecule has 3 aromatic rings. The molecule has 1 atom stereocenters. The second-order valence-corrected chi connectivity index (χ2v) is 13.0. The number of nitrogens with one attached hydrogen (secondary N) is 1. The number of amides is 2. The molecular weight excluding hydrogens is 607 g/mol. The van der Waals surface area contributed by atoms with Crippen molar-refractivity contribution in [3.8, 4) is 5.75 Å². The molecule has 232 valence electrons. The molecule has 13 heteroatoms. The van der Waals surface area contributed by atoms with Crippen molar-refractivity contribution in [1.29, 1.82) is 0 Å². The Bertz CT molecular complexity index is 1540. The van der Waals surface area contributed by atoms with Gasteiger partial charge in [-0.2, -0.15) is 13.2 Å². The Morgan fingerprint density at radius 1 is 0.977 bits per heavy atom. The highest BCUT2D eigenvalue weighted by Crippen LogP contribution is 2.37. The summed E-state index contributed by atoms with van der Waals surface area (Å²) >= 11 is 6.27. The van der Waals surface area contributed by atoms with Crippen molar-refractivity contribution < 1.29 is 35.9 Å². The summed E-state index contributed by atoms with van der Waals surface area (Å²) < 4.78 is 74.4. The molecule has 0 radical (unpaired) electrons. The average molecular weight is 640 g/mol. The van der Waals surface area contributed by atoms with Gasteiger partial charge in [0.15, 0.2) is 0 Å². The van der Waals surface area contributed by atoms with Crippen LogP contribution in [0.3, 0.4) is 0 Å². The Labute approximate surface area is 254 Å². The fourth-order valence-electron chi connectivity index (χ4n) is 4.10. The van der Waals surface area contributed by atoms with E-state index >= 15 is 0 Å². The molecule has 1 N–H and O–H groups in total. The first-order chi connectivity index (χ1) is 19.9. The number of hydrogen-bond acceptors (Lipinski definition) is 5. The van der Waals surface area contributed by atoms with E-state index in [-0.39, 0.29) is 16.5 Å². The normalized spacial score (nSPS) is 12.8. The van der Waals surface area contributed by atoms with E-state index in [4.69, 9.17) is 16.3 Å². The number of carbonyl (C=O) groups excluding carboxylic acids is 2. The zero-order valence-electron chi connectivity index (χ0n) is 24.3. The number of methoxy groups -OCH3 is 1. The third kappa shape index (κ3) is 8.64. The van der Waals surface area contributed by atoms with Crippen LogP contribution in [0.4, 0.5) is 18.9 Å². The van der Waals surface area contributed by atoms with E-state index in [1.165, 1.54) is 38.3 Å². The first kappa shape index (κ1) is 33.7. The molecular formula is C30H33ClF3N3O5S. The molecule has 3 rings (SSSR count). The second-order valence-electron chi connectivity index (χ2n) is 10.8. The molecule has 0 fully saturated rings. The van der Waals surface area contributed by atoms with Crippen LogP contribution in [0, 0.1) is 0 Å². The summed E-state index contributed by atoms with van der Waals surface area (Å²) in [5.74, 6) is -0.802. The van der Waals surface area contributed by atoms with Crippen molar-refractivity contribution in [3.63, 3.8) is 0 Å². The lowest BCUT2D eigenvalue weighted by Crippen LogP contribution is -2.54. The molecule has 0 saturated carbocycles. The van der Waals surface area contributed by atoms with Crippen LogP contribution in [0.15, 0.2) is 77.7 Å². The topological polar surface area (TPSA) is 96.0 Å². The first-order valence-corrected chi connectivity index (χ1v) is 14.9. The summed E-state index contributed by atoms with van der Waals surface area (Å²) in [6.07, 6.45) is -4.81. The molecule has 2 amide bonds. The van der Waals surface area contributed by atoms with Gasteiger partial charge in [0.1, 0.15) is 18.3 Å². The maximum absolute atomic E-state index is 14.0. The number of alkyl halides is 3. The molecule has 0 saturated heterocycles. The lowest BCUT2D eigenvalue weighted by molar-refractivity contribution is -0.140. The van der Waals surface area contributed by atoms with Crippen LogP contribution in [0.2, 0.25) is 5.02 Å². The molecule has 0 spiro atoms. The van der Waals surface area contributed by atoms with Crippen molar-refractivity contribution >= 4 is 39.1 Å². The number of sulfonamides is 1. The third-order valence-corrected chi connectivity index (χ3v) is 8.42. The van der Waals surface area contributed by atoms with Crippen LogP contribution in [-0.2, 0) is 32.3 Å². The fourth-order valence-corrected chi connectivity index (χ4v) is 5.81. The molecule has 3 aromatic carbocycles. The van der Waals surface area contributed by atoms with Gasteiger partial charge in [0.2, 0.25) is 11.8 Å². The van der Waals surface area contributed by atoms with Crippen molar-refractivity contribution in [3.05, 3.63) is 88.9 Å². The van der Waals surface area contributed by atoms with Crippen LogP contribution in [0.25, 0.3) is 0 Å². The molecule has 8 nitrogen and oxygen atoms in total. The third-order valence-electron chi connectivity index (χ3n) is 6.33. The van der Waals surface area contributed by atoms with Gasteiger partial charge in [0.05, 0.1) is 28.3 Å². The molecule has 0 aliphatic carbocycles. The Morgan fingerprint density at radius 2 is 1.58 bits per heavy atom. The molecule has 0 bridgehead atoms. The van der Waals surface area contributed by atoms with E-state index in [2.05, 4.69) is 5.32 Å². The number of nitrogens with zero attached hydrogens (tertiary/aromatic N) is 2. The van der Waals surface area contributed by atoms with Gasteiger partial charge >= 0.3 is 6.18 Å². The highest BCUT2D eigenvalue weighted by Gasteiger charge is 2.36. The molecule has 0 aromatic heterocycles. The van der Waals surface area contributed by atoms with Gasteiger partial charge in [-0.25, -0.2) is 8.42 Å². The molecule has 43 heavy (non-hydrogen) atoms. The SMILES string of the molecule is COc1ccc(CN(C(=O)CN(c2cc(C(F)(F)F)ccc2Cl)S(=O)(=O)c2ccccc2)[C@H](C)C(=O)NC(C)(C)C)cc1. The minimum absolute atomic E-state index is 0.114. The summed E-state index contributed by atoms with van der Waals surface area (Å²) in [5, 5.41) is 2.48. The number of carbonyl (C=O) groups is 2. The highest BCUT2D eigenvalue weighted by atomic mass is 35.5. The Kier molecular flexibility index (Phi) is 10.4. The van der Waals surface area contributed by atoms with E-state index < -0.39 is 57.4 Å². The number of rotatable bonds is 10. The van der Waals surface area contributed by atoms with Gasteiger partial charge in [-0.3, -0.25) is 13.9 Å². The summed E-state index contributed by atoms with van der Waals surface area (Å²) in [5.41, 5.74) is -1.74. The van der Waals surface area contributed by atoms with Crippen molar-refractivity contribution in [2.45, 2.75) is 56.9 Å². The summed E-state index contributed by atoms with van der Waals surface area (Å²) in [4.78, 5) is 28.1. The van der Waals surface area contributed by atoms with Gasteiger partial charge in [0, 0.05) is 12.1 Å². The quantitative estimate of drug-likeness (QED) is 0.298. The highest BCUT2D eigenvalue weighted by molar-refractivity contribution is 7.92. The molecule has 0 heterocycles. The molecule has 0 aliphatic heterocycles. The number of halogens is 4. The van der Waals surface area contributed by atoms with E-state index in [0.717, 1.165) is 17.0 Å². The largest absolute Gasteiger partial charge is 0.497 e. The van der Waals surface area contributed by atoms with Gasteiger partial charge in [0.25, 0.3) is 10.0 Å². The maximum atomic E-state index is 14.0.